The molecule has 1 saturated heterocycles. The summed E-state index contributed by atoms with van der Waals surface area (Å²) < 4.78 is 5.39. The van der Waals surface area contributed by atoms with Crippen LogP contribution in [0.1, 0.15) is 32.6 Å². The number of methoxy groups -OCH3 is 1. The highest BCUT2D eigenvalue weighted by Crippen LogP contribution is 2.35. The second-order valence-electron chi connectivity index (χ2n) is 5.24. The minimum absolute atomic E-state index is 0.664. The average Bonchev–Trinajstić information content (AvgIpc) is 3.01. The van der Waals surface area contributed by atoms with Crippen LogP contribution in [0.2, 0.25) is 0 Å². The Morgan fingerprint density at radius 3 is 2.69 bits per heavy atom. The topological polar surface area (TPSA) is 24.5 Å². The average molecular weight is 226 g/mol. The SMILES string of the molecule is CCN(CC1CCCN1)C(COC)C1CC1. The highest BCUT2D eigenvalue weighted by Gasteiger charge is 2.35. The molecule has 1 N–H and O–H groups in total. The summed E-state index contributed by atoms with van der Waals surface area (Å²) in [5.41, 5.74) is 0. The van der Waals surface area contributed by atoms with E-state index in [9.17, 15) is 0 Å². The zero-order valence-corrected chi connectivity index (χ0v) is 10.7. The maximum absolute atomic E-state index is 5.39. The summed E-state index contributed by atoms with van der Waals surface area (Å²) in [7, 11) is 1.83. The van der Waals surface area contributed by atoms with E-state index in [0.29, 0.717) is 6.04 Å². The zero-order chi connectivity index (χ0) is 11.4. The third-order valence-corrected chi connectivity index (χ3v) is 4.00. The molecule has 1 aliphatic carbocycles. The lowest BCUT2D eigenvalue weighted by Crippen LogP contribution is -2.46. The largest absolute Gasteiger partial charge is 0.383 e. The van der Waals surface area contributed by atoms with Gasteiger partial charge in [0, 0.05) is 25.7 Å². The number of nitrogens with zero attached hydrogens (tertiary/aromatic N) is 1. The second-order valence-corrected chi connectivity index (χ2v) is 5.24. The van der Waals surface area contributed by atoms with Gasteiger partial charge in [-0.3, -0.25) is 4.90 Å². The lowest BCUT2D eigenvalue weighted by Gasteiger charge is -2.32. The van der Waals surface area contributed by atoms with Crippen LogP contribution in [0.25, 0.3) is 0 Å². The van der Waals surface area contributed by atoms with Gasteiger partial charge in [0.05, 0.1) is 6.61 Å². The quantitative estimate of drug-likeness (QED) is 0.712. The molecule has 1 saturated carbocycles. The first-order valence-corrected chi connectivity index (χ1v) is 6.81. The Kier molecular flexibility index (Phi) is 4.62. The van der Waals surface area contributed by atoms with E-state index in [1.54, 1.807) is 0 Å². The van der Waals surface area contributed by atoms with Crippen LogP contribution in [-0.4, -0.2) is 50.3 Å². The van der Waals surface area contributed by atoms with Crippen molar-refractivity contribution >= 4 is 0 Å². The van der Waals surface area contributed by atoms with Crippen molar-refractivity contribution in [1.29, 1.82) is 0 Å². The van der Waals surface area contributed by atoms with Gasteiger partial charge in [-0.05, 0) is 44.7 Å². The molecular weight excluding hydrogens is 200 g/mol. The van der Waals surface area contributed by atoms with Gasteiger partial charge in [0.1, 0.15) is 0 Å². The summed E-state index contributed by atoms with van der Waals surface area (Å²) in [6.45, 7) is 6.76. The Hall–Kier alpha value is -0.120. The van der Waals surface area contributed by atoms with Crippen molar-refractivity contribution in [2.45, 2.75) is 44.7 Å². The van der Waals surface area contributed by atoms with Crippen molar-refractivity contribution in [3.8, 4) is 0 Å². The van der Waals surface area contributed by atoms with Gasteiger partial charge in [0.25, 0.3) is 0 Å². The first-order valence-electron chi connectivity index (χ1n) is 6.81. The van der Waals surface area contributed by atoms with E-state index in [4.69, 9.17) is 4.74 Å². The van der Waals surface area contributed by atoms with Crippen molar-refractivity contribution in [2.24, 2.45) is 5.92 Å². The summed E-state index contributed by atoms with van der Waals surface area (Å²) in [5.74, 6) is 0.904. The highest BCUT2D eigenvalue weighted by atomic mass is 16.5. The van der Waals surface area contributed by atoms with Gasteiger partial charge in [0.2, 0.25) is 0 Å². The van der Waals surface area contributed by atoms with Gasteiger partial charge < -0.3 is 10.1 Å². The molecule has 2 rings (SSSR count). The van der Waals surface area contributed by atoms with Crippen LogP contribution in [0.3, 0.4) is 0 Å². The Morgan fingerprint density at radius 2 is 2.19 bits per heavy atom. The fourth-order valence-corrected chi connectivity index (χ4v) is 2.89. The fourth-order valence-electron chi connectivity index (χ4n) is 2.89. The maximum Gasteiger partial charge on any atom is 0.0620 e. The molecule has 3 nitrogen and oxygen atoms in total. The molecule has 0 aromatic heterocycles. The summed E-state index contributed by atoms with van der Waals surface area (Å²) in [4.78, 5) is 2.63. The Bertz CT molecular complexity index is 200. The molecule has 0 aromatic carbocycles. The van der Waals surface area contributed by atoms with Crippen LogP contribution in [0.15, 0.2) is 0 Å². The molecule has 0 spiro atoms. The van der Waals surface area contributed by atoms with Crippen LogP contribution in [-0.2, 0) is 4.74 Å². The molecular formula is C13H26N2O. The Labute approximate surface area is 99.5 Å². The van der Waals surface area contributed by atoms with Gasteiger partial charge >= 0.3 is 0 Å². The van der Waals surface area contributed by atoms with E-state index >= 15 is 0 Å². The zero-order valence-electron chi connectivity index (χ0n) is 10.7. The Morgan fingerprint density at radius 1 is 1.38 bits per heavy atom. The number of hydrogen-bond acceptors (Lipinski definition) is 3. The number of nitrogens with one attached hydrogen (secondary N) is 1. The molecule has 0 bridgehead atoms. The number of likely N-dealkylation sites (N-methyl/N-ethyl adjacent to an activating group) is 1. The number of rotatable bonds is 7. The minimum atomic E-state index is 0.664. The predicted octanol–water partition coefficient (Wildman–Crippen LogP) is 1.49. The fraction of sp³-hybridized carbons (Fsp3) is 1.00. The molecule has 0 amide bonds. The second kappa shape index (κ2) is 5.99. The standard InChI is InChI=1S/C13H26N2O/c1-3-15(9-12-5-4-8-14-12)13(10-16-2)11-6-7-11/h11-14H,3-10H2,1-2H3. The van der Waals surface area contributed by atoms with E-state index in [-0.39, 0.29) is 0 Å². The first-order chi connectivity index (χ1) is 7.85. The maximum atomic E-state index is 5.39. The summed E-state index contributed by atoms with van der Waals surface area (Å²) in [5, 5.41) is 3.60. The van der Waals surface area contributed by atoms with Crippen molar-refractivity contribution in [1.82, 2.24) is 10.2 Å². The summed E-state index contributed by atoms with van der Waals surface area (Å²) >= 11 is 0. The van der Waals surface area contributed by atoms with Crippen LogP contribution in [0.4, 0.5) is 0 Å². The molecule has 94 valence electrons. The number of ether oxygens (including phenoxy) is 1. The van der Waals surface area contributed by atoms with E-state index in [1.807, 2.05) is 7.11 Å². The van der Waals surface area contributed by atoms with E-state index in [1.165, 1.54) is 38.8 Å². The van der Waals surface area contributed by atoms with E-state index in [0.717, 1.165) is 25.1 Å². The van der Waals surface area contributed by atoms with Crippen LogP contribution in [0, 0.1) is 5.92 Å². The molecule has 2 aliphatic rings. The van der Waals surface area contributed by atoms with Gasteiger partial charge in [-0.2, -0.15) is 0 Å². The summed E-state index contributed by atoms with van der Waals surface area (Å²) in [6.07, 6.45) is 5.51. The van der Waals surface area contributed by atoms with Crippen molar-refractivity contribution in [2.75, 3.05) is 33.4 Å². The molecule has 2 atom stereocenters. The monoisotopic (exact) mass is 226 g/mol. The third kappa shape index (κ3) is 3.19. The first kappa shape index (κ1) is 12.3. The molecule has 2 fully saturated rings. The molecule has 1 heterocycles. The molecule has 0 radical (unpaired) electrons. The lowest BCUT2D eigenvalue weighted by atomic mass is 10.1. The molecule has 16 heavy (non-hydrogen) atoms. The minimum Gasteiger partial charge on any atom is -0.383 e. The Balaban J connectivity index is 1.84. The highest BCUT2D eigenvalue weighted by molar-refractivity contribution is 4.90. The van der Waals surface area contributed by atoms with Gasteiger partial charge in [-0.1, -0.05) is 6.92 Å². The molecule has 1 aliphatic heterocycles. The van der Waals surface area contributed by atoms with Crippen LogP contribution >= 0.6 is 0 Å². The van der Waals surface area contributed by atoms with Gasteiger partial charge in [-0.25, -0.2) is 0 Å². The van der Waals surface area contributed by atoms with Crippen molar-refractivity contribution in [3.05, 3.63) is 0 Å². The molecule has 0 aromatic rings. The van der Waals surface area contributed by atoms with Crippen LogP contribution < -0.4 is 5.32 Å². The summed E-state index contributed by atoms with van der Waals surface area (Å²) in [6, 6.07) is 1.38. The predicted molar refractivity (Wildman–Crippen MR) is 66.7 cm³/mol. The number of hydrogen-bond donors (Lipinski definition) is 1. The molecule has 3 heteroatoms. The van der Waals surface area contributed by atoms with Gasteiger partial charge in [0.15, 0.2) is 0 Å². The van der Waals surface area contributed by atoms with E-state index < -0.39 is 0 Å². The third-order valence-electron chi connectivity index (χ3n) is 4.00. The van der Waals surface area contributed by atoms with Gasteiger partial charge in [-0.15, -0.1) is 0 Å². The van der Waals surface area contributed by atoms with Crippen molar-refractivity contribution in [3.63, 3.8) is 0 Å². The molecule has 2 unspecified atom stereocenters. The van der Waals surface area contributed by atoms with Crippen LogP contribution in [0.5, 0.6) is 0 Å². The smallest absolute Gasteiger partial charge is 0.0620 e. The van der Waals surface area contributed by atoms with E-state index in [2.05, 4.69) is 17.1 Å². The van der Waals surface area contributed by atoms with Crippen molar-refractivity contribution < 1.29 is 4.74 Å². The normalized spacial score (nSPS) is 27.6. The lowest BCUT2D eigenvalue weighted by molar-refractivity contribution is 0.0756.